The highest BCUT2D eigenvalue weighted by molar-refractivity contribution is 7.33. The lowest BCUT2D eigenvalue weighted by atomic mass is 10.3. The molecule has 3 aromatic rings. The predicted octanol–water partition coefficient (Wildman–Crippen LogP) is 2.77. The highest BCUT2D eigenvalue weighted by Gasteiger charge is 2.21. The first kappa shape index (κ1) is 23.8. The number of rotatable bonds is 12. The zero-order valence-corrected chi connectivity index (χ0v) is 19.4. The van der Waals surface area contributed by atoms with E-state index in [0.717, 1.165) is 5.75 Å². The Balaban J connectivity index is 1.53. The van der Waals surface area contributed by atoms with Crippen molar-refractivity contribution >= 4 is 31.8 Å². The van der Waals surface area contributed by atoms with Gasteiger partial charge in [0, 0.05) is 13.0 Å². The van der Waals surface area contributed by atoms with Crippen LogP contribution in [0.2, 0.25) is 0 Å². The number of nitrogen functional groups attached to an aromatic ring is 1. The molecule has 0 bridgehead atoms. The Morgan fingerprint density at radius 2 is 2.00 bits per heavy atom. The summed E-state index contributed by atoms with van der Waals surface area (Å²) in [4.78, 5) is 27.9. The number of para-hydroxylation sites is 1. The average Bonchev–Trinajstić information content (AvgIpc) is 3.24. The third kappa shape index (κ3) is 7.12. The molecule has 0 spiro atoms. The average molecular weight is 460 g/mol. The van der Waals surface area contributed by atoms with Crippen molar-refractivity contribution in [2.75, 3.05) is 12.3 Å². The minimum atomic E-state index is -0.542. The van der Waals surface area contributed by atoms with E-state index in [0.29, 0.717) is 42.3 Å². The van der Waals surface area contributed by atoms with Gasteiger partial charge in [0.05, 0.1) is 12.4 Å². The van der Waals surface area contributed by atoms with Gasteiger partial charge in [-0.1, -0.05) is 18.2 Å². The van der Waals surface area contributed by atoms with E-state index in [1.54, 1.807) is 6.92 Å². The molecular weight excluding hydrogens is 431 g/mol. The minimum Gasteiger partial charge on any atom is -0.473 e. The van der Waals surface area contributed by atoms with Gasteiger partial charge in [0.2, 0.25) is 0 Å². The van der Waals surface area contributed by atoms with Gasteiger partial charge >= 0.3 is 5.97 Å². The van der Waals surface area contributed by atoms with Crippen LogP contribution in [0, 0.1) is 0 Å². The van der Waals surface area contributed by atoms with E-state index in [2.05, 4.69) is 25.3 Å². The molecule has 0 saturated heterocycles. The van der Waals surface area contributed by atoms with Crippen molar-refractivity contribution < 1.29 is 18.8 Å². The number of fused-ring (bicyclic) bond motifs is 1. The van der Waals surface area contributed by atoms with Gasteiger partial charge in [0.15, 0.2) is 17.4 Å². The maximum Gasteiger partial charge on any atom is 0.323 e. The number of ether oxygens (including phenoxy) is 2. The third-order valence-corrected chi connectivity index (χ3v) is 5.22. The van der Waals surface area contributed by atoms with Gasteiger partial charge in [-0.15, -0.1) is 0 Å². The van der Waals surface area contributed by atoms with Crippen LogP contribution in [0.5, 0.6) is 5.75 Å². The number of aromatic nitrogens is 4. The second-order valence-electron chi connectivity index (χ2n) is 7.39. The number of anilines is 1. The summed E-state index contributed by atoms with van der Waals surface area (Å²) in [7, 11) is -0.0573. The number of benzene rings is 1. The first-order valence-electron chi connectivity index (χ1n) is 10.4. The number of carbonyl (C=O) groups is 1. The van der Waals surface area contributed by atoms with E-state index in [4.69, 9.17) is 19.7 Å². The molecule has 0 saturated carbocycles. The van der Waals surface area contributed by atoms with E-state index in [1.807, 2.05) is 44.2 Å². The van der Waals surface area contributed by atoms with E-state index < -0.39 is 12.0 Å². The van der Waals surface area contributed by atoms with E-state index in [-0.39, 0.29) is 20.9 Å². The van der Waals surface area contributed by atoms with Crippen molar-refractivity contribution in [1.82, 2.24) is 25.3 Å². The lowest BCUT2D eigenvalue weighted by Crippen LogP contribution is -2.42. The zero-order chi connectivity index (χ0) is 22.9. The van der Waals surface area contributed by atoms with Gasteiger partial charge in [0.1, 0.15) is 31.9 Å². The molecule has 2 heterocycles. The summed E-state index contributed by atoms with van der Waals surface area (Å²) in [5.74, 6) is 0.888. The predicted molar refractivity (Wildman–Crippen MR) is 123 cm³/mol. The molecule has 0 amide bonds. The summed E-state index contributed by atoms with van der Waals surface area (Å²) in [6.45, 7) is 5.78. The summed E-state index contributed by atoms with van der Waals surface area (Å²) in [5.41, 5.74) is 7.12. The van der Waals surface area contributed by atoms with Crippen molar-refractivity contribution in [3.05, 3.63) is 42.5 Å². The second-order valence-corrected chi connectivity index (χ2v) is 8.35. The number of hydrogen-bond donors (Lipinski definition) is 3. The Hall–Kier alpha value is -2.81. The molecular formula is C21H29N6O4P. The highest BCUT2D eigenvalue weighted by Crippen LogP contribution is 2.25. The monoisotopic (exact) mass is 460 g/mol. The molecule has 3 atom stereocenters. The third-order valence-electron chi connectivity index (χ3n) is 4.32. The lowest BCUT2D eigenvalue weighted by Gasteiger charge is -2.23. The fraction of sp³-hybridized carbons (Fsp3) is 0.429. The van der Waals surface area contributed by atoms with Gasteiger partial charge in [-0.3, -0.25) is 10.1 Å². The van der Waals surface area contributed by atoms with E-state index in [9.17, 15) is 4.79 Å². The second kappa shape index (κ2) is 11.7. The summed E-state index contributed by atoms with van der Waals surface area (Å²) in [6, 6.07) is 8.91. The quantitative estimate of drug-likeness (QED) is 0.161. The maximum absolute atomic E-state index is 12.2. The molecule has 1 unspecified atom stereocenters. The molecule has 4 N–H and O–H groups in total. The van der Waals surface area contributed by atoms with Crippen molar-refractivity contribution in [3.8, 4) is 5.75 Å². The SMILES string of the molecule is CC(C)OC(=O)[C@H](C)N[C@@H](OCCCc1nc(N)c2[nH]cnc2n1)POc1ccccc1. The molecule has 2 aromatic heterocycles. The number of hydrogen-bond acceptors (Lipinski definition) is 9. The van der Waals surface area contributed by atoms with Crippen molar-refractivity contribution in [2.24, 2.45) is 0 Å². The Morgan fingerprint density at radius 1 is 1.22 bits per heavy atom. The van der Waals surface area contributed by atoms with E-state index in [1.165, 1.54) is 6.33 Å². The number of nitrogens with two attached hydrogens (primary N) is 1. The van der Waals surface area contributed by atoms with Crippen molar-refractivity contribution in [1.29, 1.82) is 0 Å². The molecule has 1 aromatic carbocycles. The van der Waals surface area contributed by atoms with Gasteiger partial charge in [-0.25, -0.2) is 15.0 Å². The number of aryl methyl sites for hydroxylation is 1. The van der Waals surface area contributed by atoms with Gasteiger partial charge < -0.3 is 24.7 Å². The molecule has 0 aliphatic heterocycles. The van der Waals surface area contributed by atoms with Crippen LogP contribution >= 0.6 is 8.81 Å². The fourth-order valence-corrected chi connectivity index (χ4v) is 3.68. The topological polar surface area (TPSA) is 137 Å². The van der Waals surface area contributed by atoms with Gasteiger partial charge in [-0.05, 0) is 39.3 Å². The number of nitrogens with zero attached hydrogens (tertiary/aromatic N) is 3. The Morgan fingerprint density at radius 3 is 2.75 bits per heavy atom. The molecule has 3 rings (SSSR count). The molecule has 0 aliphatic rings. The lowest BCUT2D eigenvalue weighted by molar-refractivity contribution is -0.150. The summed E-state index contributed by atoms with van der Waals surface area (Å²) in [5, 5.41) is 3.15. The van der Waals surface area contributed by atoms with Crippen LogP contribution in [0.1, 0.15) is 33.0 Å². The summed E-state index contributed by atoms with van der Waals surface area (Å²) in [6.07, 6.45) is 2.59. The number of imidazole rings is 1. The van der Waals surface area contributed by atoms with Crippen LogP contribution < -0.4 is 15.6 Å². The first-order chi connectivity index (χ1) is 15.4. The molecule has 11 heteroatoms. The van der Waals surface area contributed by atoms with Crippen LogP contribution in [0.15, 0.2) is 36.7 Å². The first-order valence-corrected chi connectivity index (χ1v) is 11.4. The van der Waals surface area contributed by atoms with Crippen LogP contribution in [-0.4, -0.2) is 50.6 Å². The van der Waals surface area contributed by atoms with Gasteiger partial charge in [0.25, 0.3) is 0 Å². The Bertz CT molecular complexity index is 1000. The Kier molecular flexibility index (Phi) is 8.72. The number of nitrogens with one attached hydrogen (secondary N) is 2. The molecule has 0 aliphatic carbocycles. The highest BCUT2D eigenvalue weighted by atomic mass is 31.1. The smallest absolute Gasteiger partial charge is 0.323 e. The van der Waals surface area contributed by atoms with Crippen LogP contribution in [0.3, 0.4) is 0 Å². The normalized spacial score (nSPS) is 13.6. The van der Waals surface area contributed by atoms with Crippen LogP contribution in [-0.2, 0) is 20.7 Å². The van der Waals surface area contributed by atoms with Crippen LogP contribution in [0.25, 0.3) is 11.2 Å². The number of carbonyl (C=O) groups excluding carboxylic acids is 1. The minimum absolute atomic E-state index is 0.0573. The molecule has 0 fully saturated rings. The molecule has 0 radical (unpaired) electrons. The van der Waals surface area contributed by atoms with Crippen LogP contribution in [0.4, 0.5) is 5.82 Å². The number of aromatic amines is 1. The molecule has 10 nitrogen and oxygen atoms in total. The zero-order valence-electron chi connectivity index (χ0n) is 18.4. The fourth-order valence-electron chi connectivity index (χ4n) is 2.80. The summed E-state index contributed by atoms with van der Waals surface area (Å²) < 4.78 is 17.1. The largest absolute Gasteiger partial charge is 0.473 e. The number of H-pyrrole nitrogens is 1. The number of esters is 1. The standard InChI is InChI=1S/C21H29N6O4P/c1-13(2)30-20(28)14(3)25-21(32-31-15-8-5-4-6-9-15)29-11-7-10-16-26-18(22)17-19(27-16)24-12-23-17/h4-6,8-9,12-14,21,25,32H,7,10-11H2,1-3H3,(H3,22,23,24,26,27)/t14-,21-/m0/s1. The Labute approximate surface area is 188 Å². The van der Waals surface area contributed by atoms with E-state index >= 15 is 0 Å². The maximum atomic E-state index is 12.2. The van der Waals surface area contributed by atoms with Crippen molar-refractivity contribution in [3.63, 3.8) is 0 Å². The van der Waals surface area contributed by atoms with Crippen molar-refractivity contribution in [2.45, 2.75) is 51.7 Å². The van der Waals surface area contributed by atoms with Gasteiger partial charge in [-0.2, -0.15) is 0 Å². The molecule has 172 valence electrons. The summed E-state index contributed by atoms with van der Waals surface area (Å²) >= 11 is 0. The molecule has 32 heavy (non-hydrogen) atoms.